The van der Waals surface area contributed by atoms with Crippen LogP contribution in [0.15, 0.2) is 53.3 Å². The van der Waals surface area contributed by atoms with Crippen LogP contribution >= 0.6 is 0 Å². The number of methoxy groups -OCH3 is 1. The van der Waals surface area contributed by atoms with E-state index in [2.05, 4.69) is 15.1 Å². The van der Waals surface area contributed by atoms with E-state index < -0.39 is 0 Å². The summed E-state index contributed by atoms with van der Waals surface area (Å²) in [5.41, 5.74) is 1.48. The summed E-state index contributed by atoms with van der Waals surface area (Å²) in [6, 6.07) is 11.1. The second-order valence-electron chi connectivity index (χ2n) is 6.60. The van der Waals surface area contributed by atoms with Crippen LogP contribution in [0.1, 0.15) is 22.6 Å². The number of hydrogen-bond donors (Lipinski definition) is 0. The van der Waals surface area contributed by atoms with Gasteiger partial charge in [0.2, 0.25) is 0 Å². The largest absolute Gasteiger partial charge is 0.497 e. The Hall–Kier alpha value is -3.22. The van der Waals surface area contributed by atoms with Gasteiger partial charge in [-0.1, -0.05) is 5.16 Å². The standard InChI is InChI=1S/C20H20N4O3/c1-26-17-6-4-15(5-7-17)19-22-18(23-27-19)11-14-8-10-24(13-14)20(25)16-3-2-9-21-12-16/h2-7,9,12,14H,8,10-11,13H2,1H3. The maximum atomic E-state index is 12.5. The molecule has 7 nitrogen and oxygen atoms in total. The number of rotatable bonds is 5. The number of benzene rings is 1. The fraction of sp³-hybridized carbons (Fsp3) is 0.300. The molecule has 1 atom stereocenters. The molecule has 1 aromatic carbocycles. The number of carbonyl (C=O) groups excluding carboxylic acids is 1. The van der Waals surface area contributed by atoms with Gasteiger partial charge in [-0.15, -0.1) is 0 Å². The second kappa shape index (κ2) is 7.57. The summed E-state index contributed by atoms with van der Waals surface area (Å²) >= 11 is 0. The summed E-state index contributed by atoms with van der Waals surface area (Å²) in [4.78, 5) is 22.9. The van der Waals surface area contributed by atoms with Gasteiger partial charge in [0.05, 0.1) is 12.7 Å². The van der Waals surface area contributed by atoms with Gasteiger partial charge in [0, 0.05) is 37.5 Å². The average molecular weight is 364 g/mol. The minimum atomic E-state index is 0.0256. The van der Waals surface area contributed by atoms with Crippen molar-refractivity contribution in [2.24, 2.45) is 5.92 Å². The van der Waals surface area contributed by atoms with Crippen LogP contribution in [0, 0.1) is 5.92 Å². The van der Waals surface area contributed by atoms with E-state index in [9.17, 15) is 4.79 Å². The first-order valence-electron chi connectivity index (χ1n) is 8.89. The summed E-state index contributed by atoms with van der Waals surface area (Å²) in [7, 11) is 1.63. The van der Waals surface area contributed by atoms with Crippen LogP contribution in [0.5, 0.6) is 5.75 Å². The molecule has 3 aromatic rings. The van der Waals surface area contributed by atoms with Gasteiger partial charge in [-0.25, -0.2) is 0 Å². The molecular weight excluding hydrogens is 344 g/mol. The predicted octanol–water partition coefficient (Wildman–Crippen LogP) is 2.85. The molecule has 7 heteroatoms. The van der Waals surface area contributed by atoms with Gasteiger partial charge in [0.25, 0.3) is 11.8 Å². The normalized spacial score (nSPS) is 16.5. The lowest BCUT2D eigenvalue weighted by atomic mass is 10.0. The molecular formula is C20H20N4O3. The Kier molecular flexibility index (Phi) is 4.82. The molecule has 1 saturated heterocycles. The van der Waals surface area contributed by atoms with Crippen molar-refractivity contribution in [3.8, 4) is 17.2 Å². The molecule has 0 saturated carbocycles. The van der Waals surface area contributed by atoms with Crippen LogP contribution in [0.2, 0.25) is 0 Å². The van der Waals surface area contributed by atoms with E-state index >= 15 is 0 Å². The Morgan fingerprint density at radius 2 is 2.15 bits per heavy atom. The van der Waals surface area contributed by atoms with Crippen molar-refractivity contribution in [2.45, 2.75) is 12.8 Å². The molecule has 1 aliphatic rings. The number of likely N-dealkylation sites (tertiary alicyclic amines) is 1. The highest BCUT2D eigenvalue weighted by Crippen LogP contribution is 2.24. The Balaban J connectivity index is 1.37. The summed E-state index contributed by atoms with van der Waals surface area (Å²) in [6.45, 7) is 1.43. The Bertz CT molecular complexity index is 908. The summed E-state index contributed by atoms with van der Waals surface area (Å²) in [5.74, 6) is 2.29. The molecule has 2 aromatic heterocycles. The van der Waals surface area contributed by atoms with Gasteiger partial charge in [0.15, 0.2) is 5.82 Å². The quantitative estimate of drug-likeness (QED) is 0.692. The fourth-order valence-corrected chi connectivity index (χ4v) is 3.30. The lowest BCUT2D eigenvalue weighted by Gasteiger charge is -2.15. The fourth-order valence-electron chi connectivity index (χ4n) is 3.30. The van der Waals surface area contributed by atoms with Crippen LogP contribution in [0.3, 0.4) is 0 Å². The summed E-state index contributed by atoms with van der Waals surface area (Å²) in [5, 5.41) is 4.10. The molecule has 1 aliphatic heterocycles. The molecule has 0 radical (unpaired) electrons. The monoisotopic (exact) mass is 364 g/mol. The summed E-state index contributed by atoms with van der Waals surface area (Å²) < 4.78 is 10.5. The lowest BCUT2D eigenvalue weighted by Crippen LogP contribution is -2.29. The van der Waals surface area contributed by atoms with Crippen molar-refractivity contribution in [3.05, 3.63) is 60.2 Å². The molecule has 0 aliphatic carbocycles. The van der Waals surface area contributed by atoms with Crippen LogP contribution in [-0.4, -0.2) is 46.1 Å². The Morgan fingerprint density at radius 1 is 1.30 bits per heavy atom. The molecule has 1 amide bonds. The van der Waals surface area contributed by atoms with Crippen molar-refractivity contribution in [3.63, 3.8) is 0 Å². The number of amides is 1. The van der Waals surface area contributed by atoms with Crippen LogP contribution in [-0.2, 0) is 6.42 Å². The first kappa shape index (κ1) is 17.2. The Labute approximate surface area is 157 Å². The zero-order chi connectivity index (χ0) is 18.6. The number of carbonyl (C=O) groups is 1. The molecule has 0 bridgehead atoms. The van der Waals surface area contributed by atoms with E-state index in [0.29, 0.717) is 36.2 Å². The maximum Gasteiger partial charge on any atom is 0.257 e. The topological polar surface area (TPSA) is 81.4 Å². The molecule has 4 rings (SSSR count). The van der Waals surface area contributed by atoms with Crippen molar-refractivity contribution in [2.75, 3.05) is 20.2 Å². The zero-order valence-electron chi connectivity index (χ0n) is 15.0. The lowest BCUT2D eigenvalue weighted by molar-refractivity contribution is 0.0786. The van der Waals surface area contributed by atoms with Gasteiger partial charge < -0.3 is 14.2 Å². The Morgan fingerprint density at radius 3 is 2.89 bits per heavy atom. The van der Waals surface area contributed by atoms with E-state index in [0.717, 1.165) is 24.3 Å². The average Bonchev–Trinajstić information content (AvgIpc) is 3.38. The number of nitrogens with zero attached hydrogens (tertiary/aromatic N) is 4. The smallest absolute Gasteiger partial charge is 0.257 e. The first-order chi connectivity index (χ1) is 13.2. The summed E-state index contributed by atoms with van der Waals surface area (Å²) in [6.07, 6.45) is 4.89. The van der Waals surface area contributed by atoms with E-state index in [1.807, 2.05) is 29.2 Å². The minimum Gasteiger partial charge on any atom is -0.497 e. The van der Waals surface area contributed by atoms with Crippen molar-refractivity contribution < 1.29 is 14.1 Å². The molecule has 3 heterocycles. The van der Waals surface area contributed by atoms with Crippen molar-refractivity contribution in [1.29, 1.82) is 0 Å². The number of aromatic nitrogens is 3. The third-order valence-electron chi connectivity index (χ3n) is 4.76. The highest BCUT2D eigenvalue weighted by Gasteiger charge is 2.28. The van der Waals surface area contributed by atoms with Gasteiger partial charge >= 0.3 is 0 Å². The highest BCUT2D eigenvalue weighted by molar-refractivity contribution is 5.94. The van der Waals surface area contributed by atoms with Crippen molar-refractivity contribution >= 4 is 5.91 Å². The minimum absolute atomic E-state index is 0.0256. The van der Waals surface area contributed by atoms with Gasteiger partial charge in [-0.05, 0) is 48.7 Å². The third-order valence-corrected chi connectivity index (χ3v) is 4.76. The first-order valence-corrected chi connectivity index (χ1v) is 8.89. The number of pyridine rings is 1. The molecule has 27 heavy (non-hydrogen) atoms. The zero-order valence-corrected chi connectivity index (χ0v) is 15.0. The SMILES string of the molecule is COc1ccc(-c2nc(CC3CCN(C(=O)c4cccnc4)C3)no2)cc1. The highest BCUT2D eigenvalue weighted by atomic mass is 16.5. The molecule has 1 fully saturated rings. The number of ether oxygens (including phenoxy) is 1. The maximum absolute atomic E-state index is 12.5. The van der Waals surface area contributed by atoms with E-state index in [1.54, 1.807) is 31.6 Å². The van der Waals surface area contributed by atoms with Crippen molar-refractivity contribution in [1.82, 2.24) is 20.0 Å². The van der Waals surface area contributed by atoms with Crippen LogP contribution < -0.4 is 4.74 Å². The van der Waals surface area contributed by atoms with Crippen LogP contribution in [0.4, 0.5) is 0 Å². The van der Waals surface area contributed by atoms with E-state index in [-0.39, 0.29) is 5.91 Å². The second-order valence-corrected chi connectivity index (χ2v) is 6.60. The van der Waals surface area contributed by atoms with Gasteiger partial charge in [-0.3, -0.25) is 9.78 Å². The predicted molar refractivity (Wildman–Crippen MR) is 98.2 cm³/mol. The van der Waals surface area contributed by atoms with Gasteiger partial charge in [0.1, 0.15) is 5.75 Å². The number of hydrogen-bond acceptors (Lipinski definition) is 6. The third kappa shape index (κ3) is 3.81. The van der Waals surface area contributed by atoms with E-state index in [1.165, 1.54) is 0 Å². The molecule has 1 unspecified atom stereocenters. The van der Waals surface area contributed by atoms with Gasteiger partial charge in [-0.2, -0.15) is 4.98 Å². The molecule has 0 spiro atoms. The molecule has 0 N–H and O–H groups in total. The molecule has 138 valence electrons. The van der Waals surface area contributed by atoms with Crippen LogP contribution in [0.25, 0.3) is 11.5 Å². The van der Waals surface area contributed by atoms with E-state index in [4.69, 9.17) is 9.26 Å².